The van der Waals surface area contributed by atoms with Crippen molar-refractivity contribution < 1.29 is 5.11 Å². The van der Waals surface area contributed by atoms with E-state index in [9.17, 15) is 0 Å². The van der Waals surface area contributed by atoms with Gasteiger partial charge in [0, 0.05) is 26.7 Å². The Bertz CT molecular complexity index is 357. The van der Waals surface area contributed by atoms with Crippen molar-refractivity contribution in [3.63, 3.8) is 0 Å². The first kappa shape index (κ1) is 13.4. The normalized spacial score (nSPS) is 12.2. The molecule has 0 fully saturated rings. The zero-order valence-electron chi connectivity index (χ0n) is 10.5. The summed E-state index contributed by atoms with van der Waals surface area (Å²) in [7, 11) is 3.67. The number of aromatic nitrogens is 3. The number of rotatable bonds is 6. The Morgan fingerprint density at radius 3 is 2.59 bits per heavy atom. The molecule has 0 amide bonds. The number of aliphatic hydroxyl groups is 1. The van der Waals surface area contributed by atoms with Crippen LogP contribution in [0.3, 0.4) is 0 Å². The standard InChI is InChI=1S/C10H20N6O/c1-4-7(5-6-17)12-9-13-8(11)14-10(15-9)16(2)3/h7,17H,4-6H2,1-3H3,(H3,11,12,13,14,15). The number of anilines is 3. The van der Waals surface area contributed by atoms with Gasteiger partial charge in [-0.1, -0.05) is 6.92 Å². The van der Waals surface area contributed by atoms with E-state index in [4.69, 9.17) is 10.8 Å². The molecular formula is C10H20N6O. The van der Waals surface area contributed by atoms with E-state index < -0.39 is 0 Å². The number of nitrogens with zero attached hydrogens (tertiary/aromatic N) is 4. The molecule has 7 nitrogen and oxygen atoms in total. The zero-order valence-corrected chi connectivity index (χ0v) is 10.5. The molecule has 0 aromatic carbocycles. The van der Waals surface area contributed by atoms with Gasteiger partial charge >= 0.3 is 0 Å². The van der Waals surface area contributed by atoms with Crippen molar-refractivity contribution in [2.24, 2.45) is 0 Å². The van der Waals surface area contributed by atoms with Crippen LogP contribution in [0.4, 0.5) is 17.8 Å². The fraction of sp³-hybridized carbons (Fsp3) is 0.700. The highest BCUT2D eigenvalue weighted by atomic mass is 16.3. The van der Waals surface area contributed by atoms with Gasteiger partial charge in [0.25, 0.3) is 0 Å². The minimum atomic E-state index is 0.132. The summed E-state index contributed by atoms with van der Waals surface area (Å²) in [4.78, 5) is 14.0. The van der Waals surface area contributed by atoms with Crippen molar-refractivity contribution in [3.8, 4) is 0 Å². The van der Waals surface area contributed by atoms with Crippen molar-refractivity contribution in [3.05, 3.63) is 0 Å². The monoisotopic (exact) mass is 240 g/mol. The average molecular weight is 240 g/mol. The predicted molar refractivity (Wildman–Crippen MR) is 68.0 cm³/mol. The number of aliphatic hydroxyl groups excluding tert-OH is 1. The van der Waals surface area contributed by atoms with Crippen LogP contribution in [0.1, 0.15) is 19.8 Å². The maximum Gasteiger partial charge on any atom is 0.231 e. The Morgan fingerprint density at radius 2 is 2.06 bits per heavy atom. The van der Waals surface area contributed by atoms with Crippen molar-refractivity contribution in [2.45, 2.75) is 25.8 Å². The molecule has 0 spiro atoms. The highest BCUT2D eigenvalue weighted by Gasteiger charge is 2.10. The van der Waals surface area contributed by atoms with E-state index >= 15 is 0 Å². The highest BCUT2D eigenvalue weighted by molar-refractivity contribution is 5.41. The molecular weight excluding hydrogens is 220 g/mol. The molecule has 7 heteroatoms. The van der Waals surface area contributed by atoms with E-state index in [0.717, 1.165) is 6.42 Å². The molecule has 17 heavy (non-hydrogen) atoms. The maximum absolute atomic E-state index is 8.92. The fourth-order valence-corrected chi connectivity index (χ4v) is 1.36. The number of hydrogen-bond acceptors (Lipinski definition) is 7. The smallest absolute Gasteiger partial charge is 0.231 e. The summed E-state index contributed by atoms with van der Waals surface area (Å²) in [5.41, 5.74) is 5.61. The van der Waals surface area contributed by atoms with Crippen LogP contribution in [0.2, 0.25) is 0 Å². The molecule has 1 heterocycles. The summed E-state index contributed by atoms with van der Waals surface area (Å²) in [6.45, 7) is 2.16. The summed E-state index contributed by atoms with van der Waals surface area (Å²) in [6, 6.07) is 0.136. The molecule has 0 aliphatic carbocycles. The largest absolute Gasteiger partial charge is 0.396 e. The molecule has 0 saturated carbocycles. The van der Waals surface area contributed by atoms with Crippen LogP contribution in [0.15, 0.2) is 0 Å². The Kier molecular flexibility index (Phi) is 4.89. The van der Waals surface area contributed by atoms with Crippen molar-refractivity contribution in [1.29, 1.82) is 0 Å². The summed E-state index contributed by atoms with van der Waals surface area (Å²) < 4.78 is 0. The van der Waals surface area contributed by atoms with Gasteiger partial charge < -0.3 is 21.1 Å². The van der Waals surface area contributed by atoms with Crippen molar-refractivity contribution in [1.82, 2.24) is 15.0 Å². The molecule has 0 aliphatic heterocycles. The lowest BCUT2D eigenvalue weighted by atomic mass is 10.2. The Hall–Kier alpha value is -1.63. The minimum Gasteiger partial charge on any atom is -0.396 e. The SMILES string of the molecule is CCC(CCO)Nc1nc(N)nc(N(C)C)n1. The first-order valence-electron chi connectivity index (χ1n) is 5.63. The van der Waals surface area contributed by atoms with E-state index in [1.165, 1.54) is 0 Å². The lowest BCUT2D eigenvalue weighted by Gasteiger charge is -2.17. The molecule has 96 valence electrons. The van der Waals surface area contributed by atoms with E-state index in [2.05, 4.69) is 20.3 Å². The van der Waals surface area contributed by atoms with Crippen LogP contribution < -0.4 is 16.0 Å². The highest BCUT2D eigenvalue weighted by Crippen LogP contribution is 2.11. The van der Waals surface area contributed by atoms with Crippen LogP contribution in [0.25, 0.3) is 0 Å². The number of nitrogen functional groups attached to an aromatic ring is 1. The van der Waals surface area contributed by atoms with Gasteiger partial charge in [0.05, 0.1) is 0 Å². The predicted octanol–water partition coefficient (Wildman–Crippen LogP) is 0.0927. The molecule has 1 aromatic rings. The second-order valence-corrected chi connectivity index (χ2v) is 3.97. The summed E-state index contributed by atoms with van der Waals surface area (Å²) >= 11 is 0. The molecule has 0 radical (unpaired) electrons. The van der Waals surface area contributed by atoms with Gasteiger partial charge in [0.1, 0.15) is 0 Å². The third-order valence-corrected chi connectivity index (χ3v) is 2.34. The fourth-order valence-electron chi connectivity index (χ4n) is 1.36. The van der Waals surface area contributed by atoms with Crippen LogP contribution >= 0.6 is 0 Å². The van der Waals surface area contributed by atoms with Gasteiger partial charge in [-0.15, -0.1) is 0 Å². The van der Waals surface area contributed by atoms with E-state index in [0.29, 0.717) is 18.3 Å². The van der Waals surface area contributed by atoms with Gasteiger partial charge in [-0.25, -0.2) is 0 Å². The van der Waals surface area contributed by atoms with E-state index in [1.807, 2.05) is 21.0 Å². The molecule has 0 aliphatic rings. The summed E-state index contributed by atoms with van der Waals surface area (Å²) in [5.74, 6) is 1.14. The molecule has 4 N–H and O–H groups in total. The van der Waals surface area contributed by atoms with Crippen LogP contribution in [0, 0.1) is 0 Å². The number of nitrogens with two attached hydrogens (primary N) is 1. The van der Waals surface area contributed by atoms with Gasteiger partial charge in [0.2, 0.25) is 17.8 Å². The lowest BCUT2D eigenvalue weighted by molar-refractivity contribution is 0.278. The first-order valence-corrected chi connectivity index (χ1v) is 5.63. The number of hydrogen-bond donors (Lipinski definition) is 3. The minimum absolute atomic E-state index is 0.132. The summed E-state index contributed by atoms with van der Waals surface area (Å²) in [5, 5.41) is 12.1. The van der Waals surface area contributed by atoms with Crippen LogP contribution in [0.5, 0.6) is 0 Å². The Morgan fingerprint density at radius 1 is 1.35 bits per heavy atom. The Labute approximate surface area is 101 Å². The van der Waals surface area contributed by atoms with Crippen molar-refractivity contribution >= 4 is 17.8 Å². The van der Waals surface area contributed by atoms with E-state index in [1.54, 1.807) is 4.90 Å². The zero-order chi connectivity index (χ0) is 12.8. The van der Waals surface area contributed by atoms with E-state index in [-0.39, 0.29) is 18.6 Å². The molecule has 1 rings (SSSR count). The maximum atomic E-state index is 8.92. The molecule has 0 saturated heterocycles. The third kappa shape index (κ3) is 4.03. The summed E-state index contributed by atoms with van der Waals surface area (Å²) in [6.07, 6.45) is 1.53. The van der Waals surface area contributed by atoms with Crippen molar-refractivity contribution in [2.75, 3.05) is 36.7 Å². The van der Waals surface area contributed by atoms with Gasteiger partial charge in [0.15, 0.2) is 0 Å². The van der Waals surface area contributed by atoms with Gasteiger partial charge in [-0.2, -0.15) is 15.0 Å². The average Bonchev–Trinajstić information content (AvgIpc) is 2.27. The quantitative estimate of drug-likeness (QED) is 0.648. The van der Waals surface area contributed by atoms with Gasteiger partial charge in [-0.05, 0) is 12.8 Å². The van der Waals surface area contributed by atoms with Crippen LogP contribution in [-0.2, 0) is 0 Å². The molecule has 0 bridgehead atoms. The van der Waals surface area contributed by atoms with Gasteiger partial charge in [-0.3, -0.25) is 0 Å². The first-order chi connectivity index (χ1) is 8.06. The third-order valence-electron chi connectivity index (χ3n) is 2.34. The molecule has 1 atom stereocenters. The number of nitrogens with one attached hydrogen (secondary N) is 1. The second-order valence-electron chi connectivity index (χ2n) is 3.97. The molecule has 1 unspecified atom stereocenters. The lowest BCUT2D eigenvalue weighted by Crippen LogP contribution is -2.23. The topological polar surface area (TPSA) is 100 Å². The second kappa shape index (κ2) is 6.19. The Balaban J connectivity index is 2.82. The molecule has 1 aromatic heterocycles. The van der Waals surface area contributed by atoms with Crippen LogP contribution in [-0.4, -0.2) is 46.8 Å².